The molecule has 8 nitrogen and oxygen atoms in total. The van der Waals surface area contributed by atoms with Gasteiger partial charge in [-0.3, -0.25) is 14.8 Å². The van der Waals surface area contributed by atoms with Crippen molar-refractivity contribution in [2.24, 2.45) is 0 Å². The summed E-state index contributed by atoms with van der Waals surface area (Å²) in [6, 6.07) is 1.57. The molecule has 0 atom stereocenters. The molecule has 2 rings (SSSR count). The summed E-state index contributed by atoms with van der Waals surface area (Å²) in [7, 11) is 1.45. The Morgan fingerprint density at radius 1 is 1.56 bits per heavy atom. The Bertz CT molecular complexity index is 585. The van der Waals surface area contributed by atoms with Gasteiger partial charge in [-0.1, -0.05) is 11.6 Å². The summed E-state index contributed by atoms with van der Waals surface area (Å²) < 4.78 is 6.42. The van der Waals surface area contributed by atoms with Gasteiger partial charge in [0, 0.05) is 5.56 Å². The van der Waals surface area contributed by atoms with E-state index in [1.165, 1.54) is 24.2 Å². The lowest BCUT2D eigenvalue weighted by molar-refractivity contribution is -0.385. The summed E-state index contributed by atoms with van der Waals surface area (Å²) >= 11 is 5.73. The van der Waals surface area contributed by atoms with Crippen molar-refractivity contribution in [3.8, 4) is 5.88 Å². The standard InChI is InChI=1S/C9H8ClN5O3/c1-18-9-6(2-8(10)12-13-9)4-14-5-7(3-11-14)15(16)17/h2-3,5H,4H2,1H3. The van der Waals surface area contributed by atoms with Crippen molar-refractivity contribution in [1.82, 2.24) is 20.0 Å². The molecule has 0 amide bonds. The Labute approximate surface area is 106 Å². The van der Waals surface area contributed by atoms with E-state index in [1.807, 2.05) is 0 Å². The lowest BCUT2D eigenvalue weighted by Crippen LogP contribution is -2.04. The van der Waals surface area contributed by atoms with Crippen LogP contribution in [0.15, 0.2) is 18.5 Å². The highest BCUT2D eigenvalue weighted by Gasteiger charge is 2.12. The van der Waals surface area contributed by atoms with E-state index in [4.69, 9.17) is 16.3 Å². The van der Waals surface area contributed by atoms with E-state index in [9.17, 15) is 10.1 Å². The zero-order chi connectivity index (χ0) is 13.1. The van der Waals surface area contributed by atoms with Crippen molar-refractivity contribution in [3.63, 3.8) is 0 Å². The van der Waals surface area contributed by atoms with Crippen molar-refractivity contribution in [3.05, 3.63) is 39.3 Å². The minimum Gasteiger partial charge on any atom is -0.480 e. The third kappa shape index (κ3) is 2.54. The van der Waals surface area contributed by atoms with Gasteiger partial charge in [0.05, 0.1) is 18.6 Å². The van der Waals surface area contributed by atoms with E-state index in [1.54, 1.807) is 6.07 Å². The molecule has 0 N–H and O–H groups in total. The highest BCUT2D eigenvalue weighted by molar-refractivity contribution is 6.29. The van der Waals surface area contributed by atoms with Gasteiger partial charge in [-0.2, -0.15) is 5.10 Å². The monoisotopic (exact) mass is 269 g/mol. The number of ether oxygens (including phenoxy) is 1. The second-order valence-electron chi connectivity index (χ2n) is 3.35. The van der Waals surface area contributed by atoms with E-state index in [0.717, 1.165) is 0 Å². The first-order valence-electron chi connectivity index (χ1n) is 4.83. The van der Waals surface area contributed by atoms with Crippen LogP contribution >= 0.6 is 11.6 Å². The van der Waals surface area contributed by atoms with E-state index < -0.39 is 4.92 Å². The minimum absolute atomic E-state index is 0.0814. The first-order valence-corrected chi connectivity index (χ1v) is 5.21. The molecule has 2 aromatic rings. The van der Waals surface area contributed by atoms with Crippen LogP contribution < -0.4 is 4.74 Å². The van der Waals surface area contributed by atoms with E-state index in [0.29, 0.717) is 11.4 Å². The molecule has 0 saturated heterocycles. The topological polar surface area (TPSA) is 96.0 Å². The Hall–Kier alpha value is -2.22. The summed E-state index contributed by atoms with van der Waals surface area (Å²) in [5.41, 5.74) is 0.553. The maximum Gasteiger partial charge on any atom is 0.307 e. The van der Waals surface area contributed by atoms with Crippen LogP contribution in [0.1, 0.15) is 5.56 Å². The second-order valence-corrected chi connectivity index (χ2v) is 3.74. The van der Waals surface area contributed by atoms with Gasteiger partial charge in [-0.15, -0.1) is 10.2 Å². The Balaban J connectivity index is 2.27. The fraction of sp³-hybridized carbons (Fsp3) is 0.222. The maximum atomic E-state index is 10.5. The maximum absolute atomic E-state index is 10.5. The number of hydrogen-bond acceptors (Lipinski definition) is 6. The number of hydrogen-bond donors (Lipinski definition) is 0. The van der Waals surface area contributed by atoms with E-state index in [2.05, 4.69) is 15.3 Å². The van der Waals surface area contributed by atoms with Crippen LogP contribution in [-0.2, 0) is 6.54 Å². The molecule has 0 unspecified atom stereocenters. The molecule has 9 heteroatoms. The molecule has 2 aromatic heterocycles. The van der Waals surface area contributed by atoms with Crippen LogP contribution in [0, 0.1) is 10.1 Å². The third-order valence-corrected chi connectivity index (χ3v) is 2.35. The first kappa shape index (κ1) is 12.2. The summed E-state index contributed by atoms with van der Waals surface area (Å²) in [5.74, 6) is 0.303. The fourth-order valence-electron chi connectivity index (χ4n) is 1.38. The Morgan fingerprint density at radius 2 is 2.33 bits per heavy atom. The number of halogens is 1. The van der Waals surface area contributed by atoms with Gasteiger partial charge in [-0.25, -0.2) is 0 Å². The van der Waals surface area contributed by atoms with Gasteiger partial charge >= 0.3 is 5.69 Å². The average Bonchev–Trinajstić information content (AvgIpc) is 2.78. The highest BCUT2D eigenvalue weighted by atomic mass is 35.5. The molecule has 94 valence electrons. The molecule has 0 aliphatic heterocycles. The molecule has 0 spiro atoms. The highest BCUT2D eigenvalue weighted by Crippen LogP contribution is 2.19. The van der Waals surface area contributed by atoms with Gasteiger partial charge in [0.15, 0.2) is 5.15 Å². The van der Waals surface area contributed by atoms with Crippen LogP contribution in [0.25, 0.3) is 0 Å². The van der Waals surface area contributed by atoms with Gasteiger partial charge in [0.25, 0.3) is 0 Å². The molecule has 0 radical (unpaired) electrons. The van der Waals surface area contributed by atoms with Crippen molar-refractivity contribution < 1.29 is 9.66 Å². The van der Waals surface area contributed by atoms with Crippen molar-refractivity contribution >= 4 is 17.3 Å². The summed E-state index contributed by atoms with van der Waals surface area (Å²) in [6.45, 7) is 0.256. The fourth-order valence-corrected chi connectivity index (χ4v) is 1.55. The molecule has 0 bridgehead atoms. The summed E-state index contributed by atoms with van der Waals surface area (Å²) in [4.78, 5) is 10.0. The molecular formula is C9H8ClN5O3. The molecule has 18 heavy (non-hydrogen) atoms. The average molecular weight is 270 g/mol. The second kappa shape index (κ2) is 4.96. The SMILES string of the molecule is COc1nnc(Cl)cc1Cn1cc([N+](=O)[O-])cn1. The normalized spacial score (nSPS) is 10.3. The van der Waals surface area contributed by atoms with E-state index in [-0.39, 0.29) is 17.4 Å². The van der Waals surface area contributed by atoms with Crippen molar-refractivity contribution in [2.75, 3.05) is 7.11 Å². The van der Waals surface area contributed by atoms with Crippen LogP contribution in [0.5, 0.6) is 5.88 Å². The summed E-state index contributed by atoms with van der Waals surface area (Å²) in [6.07, 6.45) is 2.48. The number of nitro groups is 1. The summed E-state index contributed by atoms with van der Waals surface area (Å²) in [5, 5.41) is 22.0. The molecule has 0 saturated carbocycles. The van der Waals surface area contributed by atoms with Crippen LogP contribution in [0.2, 0.25) is 5.15 Å². The zero-order valence-electron chi connectivity index (χ0n) is 9.28. The molecule has 0 aliphatic carbocycles. The predicted molar refractivity (Wildman–Crippen MR) is 61.6 cm³/mol. The largest absolute Gasteiger partial charge is 0.480 e. The van der Waals surface area contributed by atoms with Gasteiger partial charge in [0.1, 0.15) is 12.4 Å². The van der Waals surface area contributed by atoms with Crippen LogP contribution in [0.3, 0.4) is 0 Å². The zero-order valence-corrected chi connectivity index (χ0v) is 10.0. The first-order chi connectivity index (χ1) is 8.60. The molecular weight excluding hydrogens is 262 g/mol. The Morgan fingerprint density at radius 3 is 2.94 bits per heavy atom. The number of rotatable bonds is 4. The lowest BCUT2D eigenvalue weighted by Gasteiger charge is -2.06. The van der Waals surface area contributed by atoms with Gasteiger partial charge in [0.2, 0.25) is 5.88 Å². The van der Waals surface area contributed by atoms with E-state index >= 15 is 0 Å². The molecule has 0 aromatic carbocycles. The van der Waals surface area contributed by atoms with Crippen LogP contribution in [-0.4, -0.2) is 32.0 Å². The lowest BCUT2D eigenvalue weighted by atomic mass is 10.3. The Kier molecular flexibility index (Phi) is 3.38. The molecule has 2 heterocycles. The number of aromatic nitrogens is 4. The van der Waals surface area contributed by atoms with Crippen molar-refractivity contribution in [1.29, 1.82) is 0 Å². The number of nitrogens with zero attached hydrogens (tertiary/aromatic N) is 5. The predicted octanol–water partition coefficient (Wildman–Crippen LogP) is 1.29. The quantitative estimate of drug-likeness (QED) is 0.613. The number of methoxy groups -OCH3 is 1. The van der Waals surface area contributed by atoms with Gasteiger partial charge < -0.3 is 4.74 Å². The molecule has 0 fully saturated rings. The smallest absolute Gasteiger partial charge is 0.307 e. The van der Waals surface area contributed by atoms with Gasteiger partial charge in [-0.05, 0) is 6.07 Å². The molecule has 0 aliphatic rings. The van der Waals surface area contributed by atoms with Crippen LogP contribution in [0.4, 0.5) is 5.69 Å². The van der Waals surface area contributed by atoms with Crippen molar-refractivity contribution in [2.45, 2.75) is 6.54 Å². The third-order valence-electron chi connectivity index (χ3n) is 2.16. The minimum atomic E-state index is -0.515.